The summed E-state index contributed by atoms with van der Waals surface area (Å²) in [5.74, 6) is 0.295. The highest BCUT2D eigenvalue weighted by atomic mass is 16.6. The van der Waals surface area contributed by atoms with Crippen molar-refractivity contribution in [1.29, 1.82) is 0 Å². The van der Waals surface area contributed by atoms with Gasteiger partial charge in [-0.15, -0.1) is 0 Å². The van der Waals surface area contributed by atoms with Crippen molar-refractivity contribution in [2.45, 2.75) is 39.3 Å². The van der Waals surface area contributed by atoms with Crippen LogP contribution in [-0.4, -0.2) is 18.1 Å². The average Bonchev–Trinajstić information content (AvgIpc) is 2.30. The van der Waals surface area contributed by atoms with E-state index in [4.69, 9.17) is 10.5 Å². The lowest BCUT2D eigenvalue weighted by atomic mass is 9.95. The van der Waals surface area contributed by atoms with E-state index in [1.165, 1.54) is 0 Å². The fraction of sp³-hybridized carbons (Fsp3) is 0.889. The van der Waals surface area contributed by atoms with Gasteiger partial charge in [-0.1, -0.05) is 20.8 Å². The van der Waals surface area contributed by atoms with Crippen LogP contribution in [0.25, 0.3) is 0 Å². The molecule has 1 saturated heterocycles. The van der Waals surface area contributed by atoms with Crippen LogP contribution in [0.15, 0.2) is 0 Å². The van der Waals surface area contributed by atoms with E-state index < -0.39 is 0 Å². The molecule has 3 heteroatoms. The van der Waals surface area contributed by atoms with Crippen molar-refractivity contribution in [2.24, 2.45) is 17.6 Å². The van der Waals surface area contributed by atoms with Crippen LogP contribution in [0.5, 0.6) is 0 Å². The zero-order chi connectivity index (χ0) is 9.30. The number of esters is 1. The minimum Gasteiger partial charge on any atom is -0.460 e. The third-order valence-electron chi connectivity index (χ3n) is 2.45. The second-order valence-corrected chi connectivity index (χ2v) is 3.93. The van der Waals surface area contributed by atoms with E-state index in [9.17, 15) is 4.79 Å². The lowest BCUT2D eigenvalue weighted by molar-refractivity contribution is -0.144. The summed E-state index contributed by atoms with van der Waals surface area (Å²) in [4.78, 5) is 11.0. The first-order valence-corrected chi connectivity index (χ1v) is 4.48. The zero-order valence-electron chi connectivity index (χ0n) is 7.91. The third kappa shape index (κ3) is 1.78. The van der Waals surface area contributed by atoms with Gasteiger partial charge in [0, 0.05) is 6.04 Å². The fourth-order valence-electron chi connectivity index (χ4n) is 1.42. The van der Waals surface area contributed by atoms with Gasteiger partial charge >= 0.3 is 5.97 Å². The molecule has 0 aromatic rings. The Kier molecular flexibility index (Phi) is 2.73. The van der Waals surface area contributed by atoms with Gasteiger partial charge in [-0.05, 0) is 12.3 Å². The molecule has 0 spiro atoms. The number of hydrogen-bond acceptors (Lipinski definition) is 3. The number of carbonyl (C=O) groups is 1. The monoisotopic (exact) mass is 171 g/mol. The van der Waals surface area contributed by atoms with E-state index in [1.54, 1.807) is 0 Å². The molecule has 0 saturated carbocycles. The van der Waals surface area contributed by atoms with E-state index >= 15 is 0 Å². The predicted molar refractivity (Wildman–Crippen MR) is 46.5 cm³/mol. The summed E-state index contributed by atoms with van der Waals surface area (Å²) in [6, 6.07) is -0.0149. The van der Waals surface area contributed by atoms with Crippen LogP contribution in [0, 0.1) is 11.8 Å². The predicted octanol–water partition coefficient (Wildman–Crippen LogP) is 0.921. The topological polar surface area (TPSA) is 52.3 Å². The van der Waals surface area contributed by atoms with Crippen molar-refractivity contribution in [3.63, 3.8) is 0 Å². The molecule has 0 bridgehead atoms. The van der Waals surface area contributed by atoms with E-state index in [0.717, 1.165) is 6.42 Å². The number of rotatable bonds is 2. The summed E-state index contributed by atoms with van der Waals surface area (Å²) < 4.78 is 5.13. The molecule has 1 heterocycles. The van der Waals surface area contributed by atoms with Gasteiger partial charge in [0.25, 0.3) is 0 Å². The van der Waals surface area contributed by atoms with Crippen LogP contribution >= 0.6 is 0 Å². The van der Waals surface area contributed by atoms with Crippen LogP contribution in [-0.2, 0) is 9.53 Å². The van der Waals surface area contributed by atoms with Gasteiger partial charge < -0.3 is 10.5 Å². The highest BCUT2D eigenvalue weighted by Crippen LogP contribution is 2.24. The summed E-state index contributed by atoms with van der Waals surface area (Å²) >= 11 is 0. The Morgan fingerprint density at radius 2 is 2.17 bits per heavy atom. The molecule has 70 valence electrons. The largest absolute Gasteiger partial charge is 0.460 e. The second kappa shape index (κ2) is 3.44. The Balaban J connectivity index is 2.51. The number of nitrogens with two attached hydrogens (primary N) is 1. The van der Waals surface area contributed by atoms with Crippen molar-refractivity contribution in [1.82, 2.24) is 0 Å². The van der Waals surface area contributed by atoms with Crippen LogP contribution in [0.3, 0.4) is 0 Å². The molecule has 1 rings (SSSR count). The van der Waals surface area contributed by atoms with E-state index in [0.29, 0.717) is 5.92 Å². The van der Waals surface area contributed by atoms with Crippen molar-refractivity contribution in [3.8, 4) is 0 Å². The Bertz CT molecular complexity index is 179. The van der Waals surface area contributed by atoms with E-state index in [2.05, 4.69) is 0 Å². The molecule has 0 aliphatic carbocycles. The summed E-state index contributed by atoms with van der Waals surface area (Å²) in [6.07, 6.45) is 0.713. The van der Waals surface area contributed by atoms with Crippen LogP contribution in [0.4, 0.5) is 0 Å². The highest BCUT2D eigenvalue weighted by molar-refractivity contribution is 5.74. The summed E-state index contributed by atoms with van der Waals surface area (Å²) in [7, 11) is 0. The lowest BCUT2D eigenvalue weighted by Crippen LogP contribution is -2.38. The molecule has 2 N–H and O–H groups in total. The van der Waals surface area contributed by atoms with Gasteiger partial charge in [0.2, 0.25) is 0 Å². The maximum absolute atomic E-state index is 11.0. The van der Waals surface area contributed by atoms with Crippen LogP contribution in [0.1, 0.15) is 27.2 Å². The molecular formula is C9H17NO2. The highest BCUT2D eigenvalue weighted by Gasteiger charge is 2.35. The summed E-state index contributed by atoms with van der Waals surface area (Å²) in [5.41, 5.74) is 5.87. The van der Waals surface area contributed by atoms with Gasteiger partial charge in [0.15, 0.2) is 0 Å². The minimum absolute atomic E-state index is 0.0149. The van der Waals surface area contributed by atoms with E-state index in [1.807, 2.05) is 20.8 Å². The van der Waals surface area contributed by atoms with Gasteiger partial charge in [0.05, 0.1) is 5.92 Å². The number of ether oxygens (including phenoxy) is 1. The lowest BCUT2D eigenvalue weighted by Gasteiger charge is -2.21. The first-order chi connectivity index (χ1) is 5.52. The Labute approximate surface area is 73.3 Å². The molecule has 3 nitrogen and oxygen atoms in total. The molecule has 0 aromatic carbocycles. The van der Waals surface area contributed by atoms with Crippen molar-refractivity contribution < 1.29 is 9.53 Å². The Morgan fingerprint density at radius 1 is 1.58 bits per heavy atom. The van der Waals surface area contributed by atoms with Crippen molar-refractivity contribution >= 4 is 5.97 Å². The Hall–Kier alpha value is -0.570. The molecule has 1 fully saturated rings. The normalized spacial score (nSPS) is 32.2. The smallest absolute Gasteiger partial charge is 0.309 e. The van der Waals surface area contributed by atoms with Gasteiger partial charge in [-0.2, -0.15) is 0 Å². The number of cyclic esters (lactones) is 1. The molecule has 12 heavy (non-hydrogen) atoms. The van der Waals surface area contributed by atoms with Crippen LogP contribution < -0.4 is 5.73 Å². The van der Waals surface area contributed by atoms with Gasteiger partial charge in [-0.3, -0.25) is 4.79 Å². The molecule has 1 aliphatic heterocycles. The van der Waals surface area contributed by atoms with E-state index in [-0.39, 0.29) is 24.0 Å². The molecular weight excluding hydrogens is 154 g/mol. The minimum atomic E-state index is -0.101. The first-order valence-electron chi connectivity index (χ1n) is 4.48. The third-order valence-corrected chi connectivity index (χ3v) is 2.45. The zero-order valence-corrected chi connectivity index (χ0v) is 7.91. The Morgan fingerprint density at radius 3 is 2.50 bits per heavy atom. The fourth-order valence-corrected chi connectivity index (χ4v) is 1.42. The van der Waals surface area contributed by atoms with Gasteiger partial charge in [-0.25, -0.2) is 0 Å². The maximum atomic E-state index is 11.0. The molecule has 0 amide bonds. The SMILES string of the molecule is CC(C)[C@H](N)[C@H]1C[C@H](C)C(=O)O1. The first kappa shape index (κ1) is 9.52. The van der Waals surface area contributed by atoms with Crippen molar-refractivity contribution in [3.05, 3.63) is 0 Å². The average molecular weight is 171 g/mol. The second-order valence-electron chi connectivity index (χ2n) is 3.93. The standard InChI is InChI=1S/C9H17NO2/c1-5(2)8(10)7-4-6(3)9(11)12-7/h5-8H,4,10H2,1-3H3/t6-,7+,8-/m0/s1. The molecule has 0 unspecified atom stereocenters. The molecule has 0 radical (unpaired) electrons. The van der Waals surface area contributed by atoms with Gasteiger partial charge in [0.1, 0.15) is 6.10 Å². The summed E-state index contributed by atoms with van der Waals surface area (Å²) in [5, 5.41) is 0. The molecule has 0 aromatic heterocycles. The number of carbonyl (C=O) groups excluding carboxylic acids is 1. The molecule has 3 atom stereocenters. The number of hydrogen-bond donors (Lipinski definition) is 1. The molecule has 1 aliphatic rings. The quantitative estimate of drug-likeness (QED) is 0.628. The summed E-state index contributed by atoms with van der Waals surface area (Å²) in [6.45, 7) is 5.97. The van der Waals surface area contributed by atoms with Crippen molar-refractivity contribution in [2.75, 3.05) is 0 Å². The maximum Gasteiger partial charge on any atom is 0.309 e. The van der Waals surface area contributed by atoms with Crippen LogP contribution in [0.2, 0.25) is 0 Å².